The lowest BCUT2D eigenvalue weighted by Gasteiger charge is -2.21. The van der Waals surface area contributed by atoms with Crippen LogP contribution in [0.15, 0.2) is 17.0 Å². The highest BCUT2D eigenvalue weighted by molar-refractivity contribution is 7.90. The largest absolute Gasteiger partial charge is 0.399 e. The summed E-state index contributed by atoms with van der Waals surface area (Å²) >= 11 is 11.6. The zero-order valence-corrected chi connectivity index (χ0v) is 13.4. The summed E-state index contributed by atoms with van der Waals surface area (Å²) in [6, 6.07) is 1.61. The van der Waals surface area contributed by atoms with Gasteiger partial charge < -0.3 is 11.1 Å². The van der Waals surface area contributed by atoms with E-state index >= 15 is 0 Å². The first-order valence-electron chi connectivity index (χ1n) is 5.52. The first-order chi connectivity index (χ1) is 8.92. The normalized spacial score (nSPS) is 12.1. The number of sulfonamides is 1. The Labute approximate surface area is 127 Å². The fraction of sp³-hybridized carbons (Fsp3) is 0.364. The van der Waals surface area contributed by atoms with Crippen molar-refractivity contribution in [1.29, 1.82) is 0 Å². The van der Waals surface area contributed by atoms with Crippen LogP contribution in [0, 0.1) is 0 Å². The number of hydrogen-bond donors (Lipinski definition) is 3. The fourth-order valence-electron chi connectivity index (χ4n) is 1.38. The molecule has 0 radical (unpaired) electrons. The van der Waals surface area contributed by atoms with Gasteiger partial charge in [-0.2, -0.15) is 0 Å². The van der Waals surface area contributed by atoms with E-state index in [9.17, 15) is 13.2 Å². The summed E-state index contributed by atoms with van der Waals surface area (Å²) in [6.45, 7) is 5.13. The molecule has 2 amide bonds. The van der Waals surface area contributed by atoms with Crippen LogP contribution in [-0.4, -0.2) is 20.0 Å². The zero-order chi connectivity index (χ0) is 15.7. The first kappa shape index (κ1) is 16.9. The molecule has 1 aromatic carbocycles. The lowest BCUT2D eigenvalue weighted by atomic mass is 10.1. The molecule has 20 heavy (non-hydrogen) atoms. The van der Waals surface area contributed by atoms with Gasteiger partial charge in [0.15, 0.2) is 0 Å². The molecule has 0 spiro atoms. The number of anilines is 1. The van der Waals surface area contributed by atoms with Crippen molar-refractivity contribution in [2.75, 3.05) is 5.73 Å². The van der Waals surface area contributed by atoms with Crippen LogP contribution in [0.1, 0.15) is 20.8 Å². The molecule has 112 valence electrons. The summed E-state index contributed by atoms with van der Waals surface area (Å²) in [4.78, 5) is 11.2. The van der Waals surface area contributed by atoms with E-state index in [1.54, 1.807) is 20.8 Å². The zero-order valence-electron chi connectivity index (χ0n) is 11.1. The number of halogens is 2. The van der Waals surface area contributed by atoms with E-state index in [-0.39, 0.29) is 20.6 Å². The van der Waals surface area contributed by atoms with E-state index < -0.39 is 21.6 Å². The molecule has 1 aromatic rings. The van der Waals surface area contributed by atoms with Gasteiger partial charge in [0, 0.05) is 11.2 Å². The number of rotatable bonds is 2. The molecule has 9 heteroatoms. The maximum absolute atomic E-state index is 12.1. The third-order valence-electron chi connectivity index (χ3n) is 2.00. The average molecular weight is 340 g/mol. The van der Waals surface area contributed by atoms with Crippen LogP contribution in [0.2, 0.25) is 10.0 Å². The van der Waals surface area contributed by atoms with Gasteiger partial charge in [-0.05, 0) is 32.9 Å². The second kappa shape index (κ2) is 5.67. The molecular formula is C11H15Cl2N3O3S. The van der Waals surface area contributed by atoms with Gasteiger partial charge in [0.05, 0.1) is 10.0 Å². The quantitative estimate of drug-likeness (QED) is 0.719. The van der Waals surface area contributed by atoms with Crippen LogP contribution < -0.4 is 15.8 Å². The average Bonchev–Trinajstić information content (AvgIpc) is 2.08. The standard InChI is InChI=1S/C11H15Cl2N3O3S/c1-11(2,3)15-10(17)16-20(18,19)9-7(12)4-6(14)5-8(9)13/h4-5H,14H2,1-3H3,(H2,15,16,17). The molecule has 6 nitrogen and oxygen atoms in total. The monoisotopic (exact) mass is 339 g/mol. The van der Waals surface area contributed by atoms with Gasteiger partial charge in [-0.1, -0.05) is 23.2 Å². The molecule has 0 unspecified atom stereocenters. The van der Waals surface area contributed by atoms with E-state index in [0.717, 1.165) is 0 Å². The highest BCUT2D eigenvalue weighted by Crippen LogP contribution is 2.31. The first-order valence-corrected chi connectivity index (χ1v) is 7.76. The highest BCUT2D eigenvalue weighted by Gasteiger charge is 2.26. The maximum atomic E-state index is 12.1. The van der Waals surface area contributed by atoms with Gasteiger partial charge in [0.25, 0.3) is 10.0 Å². The summed E-state index contributed by atoms with van der Waals surface area (Å²) in [5.41, 5.74) is 5.12. The van der Waals surface area contributed by atoms with Crippen LogP contribution in [0.25, 0.3) is 0 Å². The van der Waals surface area contributed by atoms with Gasteiger partial charge in [-0.15, -0.1) is 0 Å². The van der Waals surface area contributed by atoms with Crippen molar-refractivity contribution in [3.05, 3.63) is 22.2 Å². The van der Waals surface area contributed by atoms with Crippen LogP contribution >= 0.6 is 23.2 Å². The molecule has 0 heterocycles. The maximum Gasteiger partial charge on any atom is 0.329 e. The Hall–Kier alpha value is -1.18. The molecule has 0 fully saturated rings. The predicted molar refractivity (Wildman–Crippen MR) is 79.5 cm³/mol. The van der Waals surface area contributed by atoms with Crippen molar-refractivity contribution in [3.8, 4) is 0 Å². The predicted octanol–water partition coefficient (Wildman–Crippen LogP) is 2.36. The summed E-state index contributed by atoms with van der Waals surface area (Å²) < 4.78 is 26.0. The topological polar surface area (TPSA) is 101 Å². The second-order valence-corrected chi connectivity index (χ2v) is 7.56. The highest BCUT2D eigenvalue weighted by atomic mass is 35.5. The Bertz CT molecular complexity index is 616. The van der Waals surface area contributed by atoms with Crippen molar-refractivity contribution in [3.63, 3.8) is 0 Å². The molecule has 0 atom stereocenters. The molecule has 0 aromatic heterocycles. The summed E-state index contributed by atoms with van der Waals surface area (Å²) in [5.74, 6) is 0. The van der Waals surface area contributed by atoms with Gasteiger partial charge in [-0.3, -0.25) is 0 Å². The Morgan fingerprint density at radius 2 is 1.65 bits per heavy atom. The van der Waals surface area contributed by atoms with Crippen LogP contribution in [-0.2, 0) is 10.0 Å². The van der Waals surface area contributed by atoms with E-state index in [2.05, 4.69) is 5.32 Å². The van der Waals surface area contributed by atoms with E-state index in [0.29, 0.717) is 0 Å². The molecule has 0 aliphatic rings. The molecule has 0 saturated heterocycles. The lowest BCUT2D eigenvalue weighted by Crippen LogP contribution is -2.48. The van der Waals surface area contributed by atoms with Gasteiger partial charge in [0.1, 0.15) is 4.90 Å². The third kappa shape index (κ3) is 4.43. The molecule has 4 N–H and O–H groups in total. The van der Waals surface area contributed by atoms with Crippen molar-refractivity contribution >= 4 is 44.9 Å². The number of amides is 2. The van der Waals surface area contributed by atoms with Crippen LogP contribution in [0.3, 0.4) is 0 Å². The molecular weight excluding hydrogens is 325 g/mol. The van der Waals surface area contributed by atoms with Crippen LogP contribution in [0.5, 0.6) is 0 Å². The number of carbonyl (C=O) groups excluding carboxylic acids is 1. The Morgan fingerprint density at radius 1 is 1.20 bits per heavy atom. The number of nitrogens with two attached hydrogens (primary N) is 1. The SMILES string of the molecule is CC(C)(C)NC(=O)NS(=O)(=O)c1c(Cl)cc(N)cc1Cl. The van der Waals surface area contributed by atoms with E-state index in [4.69, 9.17) is 28.9 Å². The number of hydrogen-bond acceptors (Lipinski definition) is 4. The van der Waals surface area contributed by atoms with Gasteiger partial charge in [0.2, 0.25) is 0 Å². The lowest BCUT2D eigenvalue weighted by molar-refractivity contribution is 0.237. The molecule has 1 rings (SSSR count). The molecule has 0 aliphatic heterocycles. The summed E-state index contributed by atoms with van der Waals surface area (Å²) in [6.07, 6.45) is 0. The molecule has 0 saturated carbocycles. The number of benzene rings is 1. The number of nitrogen functional groups attached to an aromatic ring is 1. The van der Waals surface area contributed by atoms with E-state index in [1.165, 1.54) is 12.1 Å². The van der Waals surface area contributed by atoms with Crippen molar-refractivity contribution in [1.82, 2.24) is 10.0 Å². The van der Waals surface area contributed by atoms with Gasteiger partial charge in [-0.25, -0.2) is 17.9 Å². The minimum absolute atomic E-state index is 0.161. The fourth-order valence-corrected chi connectivity index (χ4v) is 3.52. The smallest absolute Gasteiger partial charge is 0.329 e. The Kier molecular flexibility index (Phi) is 4.78. The van der Waals surface area contributed by atoms with Crippen molar-refractivity contribution in [2.45, 2.75) is 31.2 Å². The second-order valence-electron chi connectivity index (χ2n) is 5.12. The molecule has 0 aliphatic carbocycles. The number of urea groups is 1. The van der Waals surface area contributed by atoms with E-state index in [1.807, 2.05) is 4.72 Å². The number of nitrogens with one attached hydrogen (secondary N) is 2. The van der Waals surface area contributed by atoms with Crippen molar-refractivity contribution < 1.29 is 13.2 Å². The summed E-state index contributed by atoms with van der Waals surface area (Å²) in [7, 11) is -4.19. The third-order valence-corrected chi connectivity index (χ3v) is 4.26. The minimum atomic E-state index is -4.19. The van der Waals surface area contributed by atoms with Crippen LogP contribution in [0.4, 0.5) is 10.5 Å². The molecule has 0 bridgehead atoms. The summed E-state index contributed by atoms with van der Waals surface area (Å²) in [5, 5.41) is 2.13. The Balaban J connectivity index is 3.10. The van der Waals surface area contributed by atoms with Gasteiger partial charge >= 0.3 is 6.03 Å². The Morgan fingerprint density at radius 3 is 2.05 bits per heavy atom. The number of carbonyl (C=O) groups is 1. The van der Waals surface area contributed by atoms with Crippen molar-refractivity contribution in [2.24, 2.45) is 0 Å². The minimum Gasteiger partial charge on any atom is -0.399 e.